The number of amides is 1. The van der Waals surface area contributed by atoms with Gasteiger partial charge in [0.1, 0.15) is 25.4 Å². The smallest absolute Gasteiger partial charge is 0.325 e. The molecule has 1 heterocycles. The van der Waals surface area contributed by atoms with Crippen molar-refractivity contribution in [3.05, 3.63) is 52.0 Å². The fraction of sp³-hybridized carbons (Fsp3) is 0.300. The minimum Gasteiger partial charge on any atom is -0.487 e. The highest BCUT2D eigenvalue weighted by Gasteiger charge is 2.19. The van der Waals surface area contributed by atoms with Crippen LogP contribution >= 0.6 is 11.3 Å². The first kappa shape index (κ1) is 22.1. The molecule has 0 fully saturated rings. The largest absolute Gasteiger partial charge is 0.487 e. The molecule has 29 heavy (non-hydrogen) atoms. The average molecular weight is 418 g/mol. The zero-order valence-corrected chi connectivity index (χ0v) is 17.2. The van der Waals surface area contributed by atoms with Crippen molar-refractivity contribution in [3.8, 4) is 5.75 Å². The van der Waals surface area contributed by atoms with Crippen LogP contribution in [-0.4, -0.2) is 55.0 Å². The monoisotopic (exact) mass is 418 g/mol. The number of ether oxygens (including phenoxy) is 3. The Kier molecular flexibility index (Phi) is 8.35. The van der Waals surface area contributed by atoms with Gasteiger partial charge in [-0.15, -0.1) is 11.3 Å². The molecule has 154 valence electrons. The molecule has 0 bridgehead atoms. The molecule has 1 amide bonds. The maximum atomic E-state index is 12.3. The van der Waals surface area contributed by atoms with Crippen LogP contribution in [0.2, 0.25) is 0 Å². The number of nitrogens with zero attached hydrogens (tertiary/aromatic N) is 2. The number of thiazole rings is 1. The Morgan fingerprint density at radius 2 is 1.69 bits per heavy atom. The topological polar surface area (TPSA) is 95.0 Å². The van der Waals surface area contributed by atoms with Crippen molar-refractivity contribution in [1.29, 1.82) is 0 Å². The fourth-order valence-electron chi connectivity index (χ4n) is 2.23. The average Bonchev–Trinajstić information content (AvgIpc) is 3.15. The van der Waals surface area contributed by atoms with E-state index in [9.17, 15) is 14.4 Å². The predicted octanol–water partition coefficient (Wildman–Crippen LogP) is 2.22. The van der Waals surface area contributed by atoms with Gasteiger partial charge in [0.2, 0.25) is 5.91 Å². The van der Waals surface area contributed by atoms with Crippen LogP contribution < -0.4 is 4.74 Å². The van der Waals surface area contributed by atoms with E-state index in [1.54, 1.807) is 41.7 Å². The molecule has 0 saturated carbocycles. The SMILES string of the molecule is COC(=O)CN(CC(=O)OC)C(=O)/C=C/c1ccc(OCc2csc(C)n2)cc1. The molecule has 2 aromatic rings. The first-order chi connectivity index (χ1) is 13.9. The van der Waals surface area contributed by atoms with Crippen LogP contribution in [0.3, 0.4) is 0 Å². The molecular weight excluding hydrogens is 396 g/mol. The van der Waals surface area contributed by atoms with Gasteiger partial charge in [-0.1, -0.05) is 12.1 Å². The molecule has 0 saturated heterocycles. The third-order valence-electron chi connectivity index (χ3n) is 3.76. The number of hydrogen-bond donors (Lipinski definition) is 0. The lowest BCUT2D eigenvalue weighted by Gasteiger charge is -2.18. The van der Waals surface area contributed by atoms with Gasteiger partial charge in [0.15, 0.2) is 0 Å². The summed E-state index contributed by atoms with van der Waals surface area (Å²) in [6.45, 7) is 1.62. The van der Waals surface area contributed by atoms with E-state index in [4.69, 9.17) is 4.74 Å². The van der Waals surface area contributed by atoms with Gasteiger partial charge >= 0.3 is 11.9 Å². The zero-order valence-electron chi connectivity index (χ0n) is 16.4. The van der Waals surface area contributed by atoms with Crippen LogP contribution in [0.15, 0.2) is 35.7 Å². The molecule has 0 radical (unpaired) electrons. The number of rotatable bonds is 9. The summed E-state index contributed by atoms with van der Waals surface area (Å²) in [5, 5.41) is 2.94. The Labute approximate surface area is 172 Å². The second-order valence-corrected chi connectivity index (χ2v) is 6.96. The summed E-state index contributed by atoms with van der Waals surface area (Å²) in [6, 6.07) is 7.14. The summed E-state index contributed by atoms with van der Waals surface area (Å²) in [6.07, 6.45) is 2.86. The normalized spacial score (nSPS) is 10.6. The molecule has 0 atom stereocenters. The van der Waals surface area contributed by atoms with Crippen molar-refractivity contribution in [2.45, 2.75) is 13.5 Å². The molecule has 0 spiro atoms. The summed E-state index contributed by atoms with van der Waals surface area (Å²) in [5.74, 6) is -1.10. The molecule has 2 rings (SSSR count). The summed E-state index contributed by atoms with van der Waals surface area (Å²) in [7, 11) is 2.41. The third kappa shape index (κ3) is 7.38. The Morgan fingerprint density at radius 1 is 1.07 bits per heavy atom. The highest BCUT2D eigenvalue weighted by atomic mass is 32.1. The van der Waals surface area contributed by atoms with E-state index in [-0.39, 0.29) is 13.1 Å². The summed E-state index contributed by atoms with van der Waals surface area (Å²) >= 11 is 1.57. The third-order valence-corrected chi connectivity index (χ3v) is 4.58. The van der Waals surface area contributed by atoms with Gasteiger partial charge in [-0.2, -0.15) is 0 Å². The van der Waals surface area contributed by atoms with E-state index >= 15 is 0 Å². The number of carbonyl (C=O) groups excluding carboxylic acids is 3. The highest BCUT2D eigenvalue weighted by molar-refractivity contribution is 7.09. The van der Waals surface area contributed by atoms with E-state index in [0.29, 0.717) is 12.4 Å². The van der Waals surface area contributed by atoms with Crippen LogP contribution in [0.4, 0.5) is 0 Å². The second kappa shape index (κ2) is 11.0. The van der Waals surface area contributed by atoms with Gasteiger partial charge < -0.3 is 19.1 Å². The van der Waals surface area contributed by atoms with Crippen LogP contribution in [0.5, 0.6) is 5.75 Å². The number of benzene rings is 1. The quantitative estimate of drug-likeness (QED) is 0.455. The van der Waals surface area contributed by atoms with Crippen molar-refractivity contribution >= 4 is 35.3 Å². The van der Waals surface area contributed by atoms with Crippen molar-refractivity contribution in [3.63, 3.8) is 0 Å². The molecule has 1 aromatic carbocycles. The maximum Gasteiger partial charge on any atom is 0.325 e. The molecule has 8 nitrogen and oxygen atoms in total. The number of esters is 2. The van der Waals surface area contributed by atoms with E-state index in [1.165, 1.54) is 20.3 Å². The van der Waals surface area contributed by atoms with Gasteiger partial charge in [0, 0.05) is 11.5 Å². The van der Waals surface area contributed by atoms with Crippen LogP contribution in [0.25, 0.3) is 6.08 Å². The molecule has 9 heteroatoms. The van der Waals surface area contributed by atoms with Gasteiger partial charge in [0.25, 0.3) is 0 Å². The lowest BCUT2D eigenvalue weighted by molar-refractivity contribution is -0.150. The van der Waals surface area contributed by atoms with E-state index < -0.39 is 17.8 Å². The molecule has 0 unspecified atom stereocenters. The molecule has 0 aliphatic rings. The van der Waals surface area contributed by atoms with E-state index in [2.05, 4.69) is 14.5 Å². The minimum absolute atomic E-state index is 0.350. The van der Waals surface area contributed by atoms with Gasteiger partial charge in [0.05, 0.1) is 24.9 Å². The Bertz CT molecular complexity index is 857. The highest BCUT2D eigenvalue weighted by Crippen LogP contribution is 2.16. The van der Waals surface area contributed by atoms with Crippen LogP contribution in [0.1, 0.15) is 16.3 Å². The number of carbonyl (C=O) groups is 3. The Morgan fingerprint density at radius 3 is 2.21 bits per heavy atom. The van der Waals surface area contributed by atoms with Crippen LogP contribution in [0, 0.1) is 6.92 Å². The second-order valence-electron chi connectivity index (χ2n) is 5.90. The first-order valence-electron chi connectivity index (χ1n) is 8.65. The summed E-state index contributed by atoms with van der Waals surface area (Å²) in [5.41, 5.74) is 1.63. The van der Waals surface area contributed by atoms with E-state index in [1.807, 2.05) is 12.3 Å². The molecular formula is C20H22N2O6S. The molecule has 0 aliphatic heterocycles. The Hall–Kier alpha value is -3.20. The van der Waals surface area contributed by atoms with Crippen molar-refractivity contribution in [1.82, 2.24) is 9.88 Å². The zero-order chi connectivity index (χ0) is 21.2. The van der Waals surface area contributed by atoms with Gasteiger partial charge in [-0.3, -0.25) is 14.4 Å². The molecule has 0 N–H and O–H groups in total. The van der Waals surface area contributed by atoms with Crippen molar-refractivity contribution in [2.24, 2.45) is 0 Å². The number of aromatic nitrogens is 1. The van der Waals surface area contributed by atoms with E-state index in [0.717, 1.165) is 21.2 Å². The number of hydrogen-bond acceptors (Lipinski definition) is 8. The number of methoxy groups -OCH3 is 2. The van der Waals surface area contributed by atoms with Crippen molar-refractivity contribution < 1.29 is 28.6 Å². The minimum atomic E-state index is -0.632. The molecule has 1 aromatic heterocycles. The fourth-order valence-corrected chi connectivity index (χ4v) is 2.83. The van der Waals surface area contributed by atoms with Gasteiger partial charge in [-0.05, 0) is 30.7 Å². The summed E-state index contributed by atoms with van der Waals surface area (Å²) < 4.78 is 14.8. The standard InChI is InChI=1S/C20H22N2O6S/c1-14-21-16(13-29-14)12-28-17-7-4-15(5-8-17)6-9-18(23)22(10-19(24)26-2)11-20(25)27-3/h4-9,13H,10-12H2,1-3H3/b9-6+. The predicted molar refractivity (Wildman–Crippen MR) is 107 cm³/mol. The van der Waals surface area contributed by atoms with Crippen LogP contribution in [-0.2, 0) is 30.5 Å². The maximum absolute atomic E-state index is 12.3. The van der Waals surface area contributed by atoms with Gasteiger partial charge in [-0.25, -0.2) is 4.98 Å². The Balaban J connectivity index is 1.95. The lowest BCUT2D eigenvalue weighted by Crippen LogP contribution is -2.39. The molecule has 0 aliphatic carbocycles. The van der Waals surface area contributed by atoms with Crippen molar-refractivity contribution in [2.75, 3.05) is 27.3 Å². The number of aryl methyl sites for hydroxylation is 1. The lowest BCUT2D eigenvalue weighted by atomic mass is 10.2. The summed E-state index contributed by atoms with van der Waals surface area (Å²) in [4.78, 5) is 40.6. The first-order valence-corrected chi connectivity index (χ1v) is 9.53.